The molecule has 0 bridgehead atoms. The Kier molecular flexibility index (Phi) is 5.20. The lowest BCUT2D eigenvalue weighted by Crippen LogP contribution is -2.26. The number of aromatic nitrogens is 8. The number of rotatable bonds is 5. The molecule has 1 atom stereocenters. The van der Waals surface area contributed by atoms with Gasteiger partial charge >= 0.3 is 0 Å². The number of alkyl halides is 2. The Hall–Kier alpha value is -4.00. The molecule has 11 nitrogen and oxygen atoms in total. The van der Waals surface area contributed by atoms with Crippen molar-refractivity contribution in [3.05, 3.63) is 53.7 Å². The largest absolute Gasteiger partial charge is 0.339 e. The van der Waals surface area contributed by atoms with E-state index in [2.05, 4.69) is 35.7 Å². The SMILES string of the molecule is CN1CC(F)(F)C(c2cn(-c3cccc(-c4ccnc(Nc5cnn(C)c5Cl)n4)n3)nn2)C1=O. The van der Waals surface area contributed by atoms with Gasteiger partial charge in [0.05, 0.1) is 36.0 Å². The molecular formula is C20H17ClF2N10O. The van der Waals surface area contributed by atoms with Gasteiger partial charge in [-0.15, -0.1) is 5.10 Å². The van der Waals surface area contributed by atoms with Gasteiger partial charge in [-0.2, -0.15) is 5.10 Å². The summed E-state index contributed by atoms with van der Waals surface area (Å²) >= 11 is 6.17. The number of carbonyl (C=O) groups excluding carboxylic acids is 1. The van der Waals surface area contributed by atoms with E-state index < -0.39 is 24.3 Å². The fourth-order valence-electron chi connectivity index (χ4n) is 3.63. The van der Waals surface area contributed by atoms with Crippen LogP contribution in [0.3, 0.4) is 0 Å². The quantitative estimate of drug-likeness (QED) is 0.457. The minimum absolute atomic E-state index is 0.117. The van der Waals surface area contributed by atoms with Gasteiger partial charge in [0.15, 0.2) is 5.82 Å². The highest BCUT2D eigenvalue weighted by molar-refractivity contribution is 6.32. The fourth-order valence-corrected chi connectivity index (χ4v) is 3.77. The zero-order valence-electron chi connectivity index (χ0n) is 17.9. The van der Waals surface area contributed by atoms with Gasteiger partial charge in [0.25, 0.3) is 5.92 Å². The number of hydrogen-bond acceptors (Lipinski definition) is 8. The molecule has 0 spiro atoms. The first-order chi connectivity index (χ1) is 16.2. The summed E-state index contributed by atoms with van der Waals surface area (Å²) in [4.78, 5) is 26.3. The maximum Gasteiger partial charge on any atom is 0.282 e. The summed E-state index contributed by atoms with van der Waals surface area (Å²) in [7, 11) is 3.04. The Morgan fingerprint density at radius 3 is 2.68 bits per heavy atom. The summed E-state index contributed by atoms with van der Waals surface area (Å²) in [6.45, 7) is -0.661. The lowest BCUT2D eigenvalue weighted by atomic mass is 10.0. The number of likely N-dealkylation sites (tertiary alicyclic amines) is 1. The minimum atomic E-state index is -3.23. The van der Waals surface area contributed by atoms with Gasteiger partial charge in [-0.3, -0.25) is 9.48 Å². The third kappa shape index (κ3) is 3.83. The van der Waals surface area contributed by atoms with Crippen LogP contribution in [-0.2, 0) is 11.8 Å². The van der Waals surface area contributed by atoms with E-state index in [0.29, 0.717) is 28.0 Å². The highest BCUT2D eigenvalue weighted by Gasteiger charge is 2.55. The molecule has 34 heavy (non-hydrogen) atoms. The van der Waals surface area contributed by atoms with Gasteiger partial charge in [0.2, 0.25) is 11.9 Å². The third-order valence-electron chi connectivity index (χ3n) is 5.30. The van der Waals surface area contributed by atoms with E-state index in [-0.39, 0.29) is 11.6 Å². The van der Waals surface area contributed by atoms with Crippen molar-refractivity contribution in [1.29, 1.82) is 0 Å². The molecular weight excluding hydrogens is 470 g/mol. The van der Waals surface area contributed by atoms with E-state index in [1.54, 1.807) is 43.7 Å². The molecule has 1 fully saturated rings. The van der Waals surface area contributed by atoms with Crippen molar-refractivity contribution in [3.63, 3.8) is 0 Å². The number of nitrogens with zero attached hydrogens (tertiary/aromatic N) is 9. The number of pyridine rings is 1. The van der Waals surface area contributed by atoms with Crippen molar-refractivity contribution < 1.29 is 13.6 Å². The number of likely N-dealkylation sites (N-methyl/N-ethyl adjacent to an activating group) is 1. The van der Waals surface area contributed by atoms with Crippen LogP contribution in [0.5, 0.6) is 0 Å². The Labute approximate surface area is 196 Å². The summed E-state index contributed by atoms with van der Waals surface area (Å²) in [6.07, 6.45) is 4.40. The summed E-state index contributed by atoms with van der Waals surface area (Å²) in [6, 6.07) is 6.75. The number of carbonyl (C=O) groups is 1. The maximum atomic E-state index is 14.3. The molecule has 1 aliphatic heterocycles. The zero-order valence-corrected chi connectivity index (χ0v) is 18.6. The van der Waals surface area contributed by atoms with Crippen LogP contribution in [0.15, 0.2) is 42.9 Å². The number of halogens is 3. The minimum Gasteiger partial charge on any atom is -0.339 e. The summed E-state index contributed by atoms with van der Waals surface area (Å²) < 4.78 is 31.4. The molecule has 1 amide bonds. The molecule has 0 saturated carbocycles. The molecule has 4 aromatic heterocycles. The van der Waals surface area contributed by atoms with Crippen molar-refractivity contribution >= 4 is 29.1 Å². The maximum absolute atomic E-state index is 14.3. The fraction of sp³-hybridized carbons (Fsp3) is 0.250. The van der Waals surface area contributed by atoms with Crippen LogP contribution in [0.2, 0.25) is 5.15 Å². The first-order valence-electron chi connectivity index (χ1n) is 10.0. The lowest BCUT2D eigenvalue weighted by Gasteiger charge is -2.12. The van der Waals surface area contributed by atoms with Crippen molar-refractivity contribution in [2.45, 2.75) is 11.8 Å². The average molecular weight is 487 g/mol. The van der Waals surface area contributed by atoms with E-state index in [9.17, 15) is 13.6 Å². The van der Waals surface area contributed by atoms with E-state index in [4.69, 9.17) is 11.6 Å². The molecule has 14 heteroatoms. The van der Waals surface area contributed by atoms with Crippen molar-refractivity contribution in [1.82, 2.24) is 44.6 Å². The average Bonchev–Trinajstić information content (AvgIpc) is 3.46. The predicted molar refractivity (Wildman–Crippen MR) is 117 cm³/mol. The molecule has 4 aromatic rings. The second kappa shape index (κ2) is 8.09. The molecule has 0 radical (unpaired) electrons. The van der Waals surface area contributed by atoms with Gasteiger partial charge in [-0.1, -0.05) is 22.9 Å². The topological polar surface area (TPSA) is 120 Å². The van der Waals surface area contributed by atoms with Gasteiger partial charge in [-0.05, 0) is 18.2 Å². The Morgan fingerprint density at radius 2 is 1.97 bits per heavy atom. The predicted octanol–water partition coefficient (Wildman–Crippen LogP) is 2.44. The number of amides is 1. The van der Waals surface area contributed by atoms with Crippen molar-refractivity contribution in [3.8, 4) is 17.2 Å². The summed E-state index contributed by atoms with van der Waals surface area (Å²) in [5.74, 6) is -5.00. The smallest absolute Gasteiger partial charge is 0.282 e. The van der Waals surface area contributed by atoms with Crippen molar-refractivity contribution in [2.75, 3.05) is 18.9 Å². The molecule has 174 valence electrons. The molecule has 5 rings (SSSR count). The summed E-state index contributed by atoms with van der Waals surface area (Å²) in [5, 5.41) is 15.2. The van der Waals surface area contributed by atoms with E-state index in [1.807, 2.05) is 0 Å². The molecule has 1 aliphatic rings. The first kappa shape index (κ1) is 21.8. The highest BCUT2D eigenvalue weighted by Crippen LogP contribution is 2.39. The molecule has 5 heterocycles. The molecule has 0 aliphatic carbocycles. The molecule has 1 unspecified atom stereocenters. The molecule has 1 N–H and O–H groups in total. The van der Waals surface area contributed by atoms with Gasteiger partial charge in [0, 0.05) is 20.3 Å². The second-order valence-corrected chi connectivity index (χ2v) is 8.08. The van der Waals surface area contributed by atoms with Crippen LogP contribution in [0.1, 0.15) is 11.6 Å². The Morgan fingerprint density at radius 1 is 1.18 bits per heavy atom. The monoisotopic (exact) mass is 486 g/mol. The van der Waals surface area contributed by atoms with E-state index in [1.165, 1.54) is 22.6 Å². The summed E-state index contributed by atoms with van der Waals surface area (Å²) in [5.41, 5.74) is 1.41. The van der Waals surface area contributed by atoms with Crippen LogP contribution in [0.25, 0.3) is 17.2 Å². The van der Waals surface area contributed by atoms with Gasteiger partial charge in [-0.25, -0.2) is 28.4 Å². The number of nitrogens with one attached hydrogen (secondary N) is 1. The zero-order chi connectivity index (χ0) is 24.0. The van der Waals surface area contributed by atoms with Crippen LogP contribution >= 0.6 is 11.6 Å². The highest BCUT2D eigenvalue weighted by atomic mass is 35.5. The van der Waals surface area contributed by atoms with E-state index in [0.717, 1.165) is 4.90 Å². The van der Waals surface area contributed by atoms with Gasteiger partial charge < -0.3 is 10.2 Å². The standard InChI is InChI=1S/C20H17ClF2N10O/c1-31-10-20(22,23)16(18(31)34)14-9-33(30-29-14)15-5-3-4-11(26-15)12-6-7-24-19(27-12)28-13-8-25-32(2)17(13)21/h3-9,16H,10H2,1-2H3,(H,24,27,28). The number of anilines is 2. The van der Waals surface area contributed by atoms with Crippen molar-refractivity contribution in [2.24, 2.45) is 7.05 Å². The van der Waals surface area contributed by atoms with Crippen LogP contribution < -0.4 is 5.32 Å². The Balaban J connectivity index is 1.42. The third-order valence-corrected chi connectivity index (χ3v) is 5.75. The van der Waals surface area contributed by atoms with Gasteiger partial charge in [0.1, 0.15) is 16.8 Å². The Bertz CT molecular complexity index is 1390. The van der Waals surface area contributed by atoms with Crippen LogP contribution in [-0.4, -0.2) is 70.0 Å². The number of aryl methyl sites for hydroxylation is 1. The van der Waals surface area contributed by atoms with E-state index >= 15 is 0 Å². The molecule has 0 aromatic carbocycles. The first-order valence-corrected chi connectivity index (χ1v) is 10.4. The van der Waals surface area contributed by atoms with Crippen LogP contribution in [0, 0.1) is 0 Å². The second-order valence-electron chi connectivity index (χ2n) is 7.72. The molecule has 1 saturated heterocycles. The van der Waals surface area contributed by atoms with Crippen LogP contribution in [0.4, 0.5) is 20.4 Å². The number of hydrogen-bond donors (Lipinski definition) is 1. The normalized spacial score (nSPS) is 17.4. The lowest BCUT2D eigenvalue weighted by molar-refractivity contribution is -0.129.